The molecule has 2 unspecified atom stereocenters. The number of rotatable bonds is 4. The van der Waals surface area contributed by atoms with Crippen LogP contribution in [0, 0.1) is 5.92 Å². The standard InChI is InChI=1S/C12H24N2OS/c1-11(12-10-13-3-9-16-12)2-4-14-5-7-15-8-6-14/h11-13H,2-10H2,1H3. The van der Waals surface area contributed by atoms with Crippen molar-refractivity contribution in [1.82, 2.24) is 10.2 Å². The van der Waals surface area contributed by atoms with E-state index in [1.807, 2.05) is 0 Å². The Kier molecular flexibility index (Phi) is 5.42. The molecule has 2 heterocycles. The van der Waals surface area contributed by atoms with Crippen LogP contribution in [0.3, 0.4) is 0 Å². The molecule has 0 aromatic heterocycles. The van der Waals surface area contributed by atoms with Gasteiger partial charge in [0.1, 0.15) is 0 Å². The summed E-state index contributed by atoms with van der Waals surface area (Å²) in [5.74, 6) is 2.12. The van der Waals surface area contributed by atoms with Gasteiger partial charge in [0.05, 0.1) is 13.2 Å². The van der Waals surface area contributed by atoms with E-state index >= 15 is 0 Å². The Hall–Kier alpha value is 0.230. The van der Waals surface area contributed by atoms with Crippen molar-refractivity contribution in [1.29, 1.82) is 0 Å². The number of nitrogens with zero attached hydrogens (tertiary/aromatic N) is 1. The lowest BCUT2D eigenvalue weighted by Crippen LogP contribution is -2.40. The molecule has 2 rings (SSSR count). The van der Waals surface area contributed by atoms with E-state index in [2.05, 4.69) is 28.9 Å². The van der Waals surface area contributed by atoms with Crippen LogP contribution in [0.5, 0.6) is 0 Å². The number of thioether (sulfide) groups is 1. The van der Waals surface area contributed by atoms with Crippen LogP contribution in [0.25, 0.3) is 0 Å². The second-order valence-electron chi connectivity index (χ2n) is 4.83. The third kappa shape index (κ3) is 3.91. The van der Waals surface area contributed by atoms with Crippen LogP contribution >= 0.6 is 11.8 Å². The molecular weight excluding hydrogens is 220 g/mol. The Labute approximate surface area is 103 Å². The van der Waals surface area contributed by atoms with E-state index in [9.17, 15) is 0 Å². The van der Waals surface area contributed by atoms with Gasteiger partial charge in [-0.2, -0.15) is 11.8 Å². The quantitative estimate of drug-likeness (QED) is 0.799. The first kappa shape index (κ1) is 12.7. The summed E-state index contributed by atoms with van der Waals surface area (Å²) >= 11 is 2.15. The Morgan fingerprint density at radius 1 is 1.44 bits per heavy atom. The minimum absolute atomic E-state index is 0.829. The molecule has 0 amide bonds. The van der Waals surface area contributed by atoms with Crippen molar-refractivity contribution in [2.45, 2.75) is 18.6 Å². The summed E-state index contributed by atoms with van der Waals surface area (Å²) < 4.78 is 5.37. The zero-order valence-corrected chi connectivity index (χ0v) is 11.1. The molecule has 2 aliphatic rings. The Balaban J connectivity index is 1.63. The van der Waals surface area contributed by atoms with Gasteiger partial charge in [-0.15, -0.1) is 0 Å². The van der Waals surface area contributed by atoms with Crippen LogP contribution < -0.4 is 5.32 Å². The Morgan fingerprint density at radius 2 is 2.25 bits per heavy atom. The van der Waals surface area contributed by atoms with E-state index in [1.54, 1.807) is 0 Å². The molecule has 0 aliphatic carbocycles. The van der Waals surface area contributed by atoms with Crippen molar-refractivity contribution in [3.8, 4) is 0 Å². The Bertz CT molecular complexity index is 191. The first-order valence-corrected chi connectivity index (χ1v) is 7.53. The van der Waals surface area contributed by atoms with E-state index in [4.69, 9.17) is 4.74 Å². The normalized spacial score (nSPS) is 30.2. The van der Waals surface area contributed by atoms with Crippen molar-refractivity contribution >= 4 is 11.8 Å². The highest BCUT2D eigenvalue weighted by Gasteiger charge is 2.21. The minimum Gasteiger partial charge on any atom is -0.379 e. The van der Waals surface area contributed by atoms with Gasteiger partial charge in [0, 0.05) is 37.2 Å². The highest BCUT2D eigenvalue weighted by Crippen LogP contribution is 2.24. The number of morpholine rings is 1. The summed E-state index contributed by atoms with van der Waals surface area (Å²) in [7, 11) is 0. The lowest BCUT2D eigenvalue weighted by Gasteiger charge is -2.31. The average Bonchev–Trinajstić information content (AvgIpc) is 2.38. The molecule has 0 aromatic rings. The predicted molar refractivity (Wildman–Crippen MR) is 70.2 cm³/mol. The predicted octanol–water partition coefficient (Wildman–Crippen LogP) is 1.05. The number of ether oxygens (including phenoxy) is 1. The lowest BCUT2D eigenvalue weighted by atomic mass is 10.0. The number of hydrogen-bond acceptors (Lipinski definition) is 4. The van der Waals surface area contributed by atoms with Gasteiger partial charge >= 0.3 is 0 Å². The molecule has 0 spiro atoms. The van der Waals surface area contributed by atoms with Gasteiger partial charge in [-0.3, -0.25) is 4.90 Å². The highest BCUT2D eigenvalue weighted by atomic mass is 32.2. The molecule has 2 saturated heterocycles. The van der Waals surface area contributed by atoms with Crippen molar-refractivity contribution < 1.29 is 4.74 Å². The first-order chi connectivity index (χ1) is 7.86. The summed E-state index contributed by atoms with van der Waals surface area (Å²) in [6.45, 7) is 10.2. The van der Waals surface area contributed by atoms with Crippen LogP contribution in [0.15, 0.2) is 0 Å². The van der Waals surface area contributed by atoms with Crippen LogP contribution in [-0.4, -0.2) is 61.8 Å². The molecule has 0 saturated carbocycles. The maximum Gasteiger partial charge on any atom is 0.0594 e. The lowest BCUT2D eigenvalue weighted by molar-refractivity contribution is 0.0356. The van der Waals surface area contributed by atoms with E-state index in [0.717, 1.165) is 37.5 Å². The van der Waals surface area contributed by atoms with Crippen LogP contribution in [0.4, 0.5) is 0 Å². The summed E-state index contributed by atoms with van der Waals surface area (Å²) in [4.78, 5) is 2.54. The third-order valence-electron chi connectivity index (χ3n) is 3.60. The summed E-state index contributed by atoms with van der Waals surface area (Å²) in [5, 5.41) is 4.33. The molecule has 0 aromatic carbocycles. The summed E-state index contributed by atoms with van der Waals surface area (Å²) in [6, 6.07) is 0. The van der Waals surface area contributed by atoms with Crippen molar-refractivity contribution in [2.75, 3.05) is 51.7 Å². The molecule has 0 radical (unpaired) electrons. The van der Waals surface area contributed by atoms with E-state index < -0.39 is 0 Å². The minimum atomic E-state index is 0.829. The first-order valence-electron chi connectivity index (χ1n) is 6.48. The molecule has 94 valence electrons. The molecule has 3 nitrogen and oxygen atoms in total. The molecule has 4 heteroatoms. The maximum atomic E-state index is 5.37. The average molecular weight is 244 g/mol. The van der Waals surface area contributed by atoms with Gasteiger partial charge in [-0.1, -0.05) is 6.92 Å². The highest BCUT2D eigenvalue weighted by molar-refractivity contribution is 8.00. The van der Waals surface area contributed by atoms with Crippen molar-refractivity contribution in [3.05, 3.63) is 0 Å². The zero-order valence-electron chi connectivity index (χ0n) is 10.3. The number of hydrogen-bond donors (Lipinski definition) is 1. The molecule has 0 bridgehead atoms. The van der Waals surface area contributed by atoms with Crippen LogP contribution in [-0.2, 0) is 4.74 Å². The topological polar surface area (TPSA) is 24.5 Å². The van der Waals surface area contributed by atoms with Gasteiger partial charge in [-0.05, 0) is 18.9 Å². The molecule has 16 heavy (non-hydrogen) atoms. The second-order valence-corrected chi connectivity index (χ2v) is 6.18. The fourth-order valence-electron chi connectivity index (χ4n) is 2.35. The van der Waals surface area contributed by atoms with Gasteiger partial charge in [-0.25, -0.2) is 0 Å². The van der Waals surface area contributed by atoms with E-state index in [0.29, 0.717) is 0 Å². The molecule has 2 aliphatic heterocycles. The third-order valence-corrected chi connectivity index (χ3v) is 5.09. The molecular formula is C12H24N2OS. The maximum absolute atomic E-state index is 5.37. The van der Waals surface area contributed by atoms with Crippen LogP contribution in [0.1, 0.15) is 13.3 Å². The summed E-state index contributed by atoms with van der Waals surface area (Å²) in [6.07, 6.45) is 1.33. The fraction of sp³-hybridized carbons (Fsp3) is 1.00. The van der Waals surface area contributed by atoms with Crippen LogP contribution in [0.2, 0.25) is 0 Å². The monoisotopic (exact) mass is 244 g/mol. The largest absolute Gasteiger partial charge is 0.379 e. The van der Waals surface area contributed by atoms with Gasteiger partial charge < -0.3 is 10.1 Å². The summed E-state index contributed by atoms with van der Waals surface area (Å²) in [5.41, 5.74) is 0. The molecule has 2 fully saturated rings. The number of nitrogens with one attached hydrogen (secondary N) is 1. The van der Waals surface area contributed by atoms with E-state index in [1.165, 1.54) is 31.8 Å². The fourth-order valence-corrected chi connectivity index (χ4v) is 3.61. The van der Waals surface area contributed by atoms with Crippen molar-refractivity contribution in [3.63, 3.8) is 0 Å². The van der Waals surface area contributed by atoms with Gasteiger partial charge in [0.15, 0.2) is 0 Å². The second kappa shape index (κ2) is 6.84. The van der Waals surface area contributed by atoms with Gasteiger partial charge in [0.25, 0.3) is 0 Å². The molecule has 2 atom stereocenters. The zero-order chi connectivity index (χ0) is 11.2. The molecule has 1 N–H and O–H groups in total. The van der Waals surface area contributed by atoms with Crippen molar-refractivity contribution in [2.24, 2.45) is 5.92 Å². The SMILES string of the molecule is CC(CCN1CCOCC1)C1CNCCS1. The smallest absolute Gasteiger partial charge is 0.0594 e. The Morgan fingerprint density at radius 3 is 2.94 bits per heavy atom. The van der Waals surface area contributed by atoms with E-state index in [-0.39, 0.29) is 0 Å². The van der Waals surface area contributed by atoms with Gasteiger partial charge in [0.2, 0.25) is 0 Å².